The van der Waals surface area contributed by atoms with Crippen LogP contribution in [0.1, 0.15) is 48.5 Å². The molecule has 1 aliphatic heterocycles. The first-order chi connectivity index (χ1) is 7.97. The zero-order valence-electron chi connectivity index (χ0n) is 12.9. The SMILES string of the molecule is CC(C)(C)OC(=O)N1CCNCC1(C)C(C)(C)C. The molecule has 1 atom stereocenters. The molecule has 0 radical (unpaired) electrons. The maximum absolute atomic E-state index is 12.4. The second-order valence-electron chi connectivity index (χ2n) is 7.33. The van der Waals surface area contributed by atoms with E-state index >= 15 is 0 Å². The maximum Gasteiger partial charge on any atom is 0.410 e. The highest BCUT2D eigenvalue weighted by atomic mass is 16.6. The monoisotopic (exact) mass is 256 g/mol. The highest BCUT2D eigenvalue weighted by Crippen LogP contribution is 2.37. The van der Waals surface area contributed by atoms with E-state index in [4.69, 9.17) is 4.74 Å². The smallest absolute Gasteiger partial charge is 0.410 e. The molecule has 0 aromatic rings. The summed E-state index contributed by atoms with van der Waals surface area (Å²) in [6.45, 7) is 16.7. The van der Waals surface area contributed by atoms with E-state index in [-0.39, 0.29) is 17.0 Å². The molecular formula is C14H28N2O2. The summed E-state index contributed by atoms with van der Waals surface area (Å²) in [6.07, 6.45) is -0.207. The van der Waals surface area contributed by atoms with Crippen LogP contribution in [0.4, 0.5) is 4.79 Å². The minimum Gasteiger partial charge on any atom is -0.444 e. The third-order valence-corrected chi connectivity index (χ3v) is 3.81. The number of hydrogen-bond acceptors (Lipinski definition) is 3. The predicted molar refractivity (Wildman–Crippen MR) is 73.7 cm³/mol. The van der Waals surface area contributed by atoms with E-state index in [0.29, 0.717) is 6.54 Å². The molecule has 0 aliphatic carbocycles. The van der Waals surface area contributed by atoms with Crippen LogP contribution in [0.2, 0.25) is 0 Å². The fraction of sp³-hybridized carbons (Fsp3) is 0.929. The molecule has 18 heavy (non-hydrogen) atoms. The highest BCUT2D eigenvalue weighted by Gasteiger charge is 2.47. The van der Waals surface area contributed by atoms with E-state index < -0.39 is 5.60 Å². The molecule has 1 heterocycles. The number of amides is 1. The Morgan fingerprint density at radius 1 is 1.22 bits per heavy atom. The molecule has 4 nitrogen and oxygen atoms in total. The molecule has 1 fully saturated rings. The minimum absolute atomic E-state index is 0.00265. The van der Waals surface area contributed by atoms with Crippen molar-refractivity contribution in [1.82, 2.24) is 10.2 Å². The van der Waals surface area contributed by atoms with Gasteiger partial charge in [0.05, 0.1) is 5.54 Å². The van der Waals surface area contributed by atoms with Gasteiger partial charge < -0.3 is 10.1 Å². The van der Waals surface area contributed by atoms with Gasteiger partial charge in [0.1, 0.15) is 5.60 Å². The van der Waals surface area contributed by atoms with Crippen molar-refractivity contribution in [1.29, 1.82) is 0 Å². The van der Waals surface area contributed by atoms with Crippen molar-refractivity contribution >= 4 is 6.09 Å². The molecule has 4 heteroatoms. The standard InChI is InChI=1S/C14H28N2O2/c1-12(2,3)14(7)10-15-8-9-16(14)11(17)18-13(4,5)6/h15H,8-10H2,1-7H3. The highest BCUT2D eigenvalue weighted by molar-refractivity contribution is 5.69. The molecule has 1 unspecified atom stereocenters. The minimum atomic E-state index is -0.444. The summed E-state index contributed by atoms with van der Waals surface area (Å²) < 4.78 is 5.53. The molecule has 1 amide bonds. The van der Waals surface area contributed by atoms with Gasteiger partial charge in [-0.05, 0) is 33.1 Å². The van der Waals surface area contributed by atoms with Crippen molar-refractivity contribution in [2.24, 2.45) is 5.41 Å². The lowest BCUT2D eigenvalue weighted by Crippen LogP contribution is -2.67. The maximum atomic E-state index is 12.4. The molecule has 0 bridgehead atoms. The zero-order valence-corrected chi connectivity index (χ0v) is 12.9. The molecule has 1 saturated heterocycles. The fourth-order valence-corrected chi connectivity index (χ4v) is 2.14. The Kier molecular flexibility index (Phi) is 4.01. The molecule has 1 aliphatic rings. The summed E-state index contributed by atoms with van der Waals surface area (Å²) >= 11 is 0. The van der Waals surface area contributed by atoms with Crippen molar-refractivity contribution < 1.29 is 9.53 Å². The third kappa shape index (κ3) is 3.16. The van der Waals surface area contributed by atoms with Crippen LogP contribution in [0.5, 0.6) is 0 Å². The molecular weight excluding hydrogens is 228 g/mol. The number of piperazine rings is 1. The van der Waals surface area contributed by atoms with Crippen molar-refractivity contribution in [3.8, 4) is 0 Å². The first-order valence-electron chi connectivity index (χ1n) is 6.69. The number of nitrogens with zero attached hydrogens (tertiary/aromatic N) is 1. The van der Waals surface area contributed by atoms with Crippen LogP contribution in [-0.2, 0) is 4.74 Å². The van der Waals surface area contributed by atoms with Crippen LogP contribution < -0.4 is 5.32 Å². The van der Waals surface area contributed by atoms with Gasteiger partial charge in [-0.3, -0.25) is 4.90 Å². The number of rotatable bonds is 0. The number of ether oxygens (including phenoxy) is 1. The quantitative estimate of drug-likeness (QED) is 0.724. The number of carbonyl (C=O) groups is 1. The Morgan fingerprint density at radius 2 is 1.78 bits per heavy atom. The molecule has 106 valence electrons. The van der Waals surface area contributed by atoms with Crippen LogP contribution in [0.15, 0.2) is 0 Å². The average molecular weight is 256 g/mol. The van der Waals surface area contributed by atoms with Gasteiger partial charge in [-0.2, -0.15) is 0 Å². The number of carbonyl (C=O) groups excluding carboxylic acids is 1. The lowest BCUT2D eigenvalue weighted by atomic mass is 9.73. The van der Waals surface area contributed by atoms with Gasteiger partial charge in [-0.15, -0.1) is 0 Å². The van der Waals surface area contributed by atoms with Crippen molar-refractivity contribution in [2.45, 2.75) is 59.6 Å². The van der Waals surface area contributed by atoms with Gasteiger partial charge in [0.2, 0.25) is 0 Å². The van der Waals surface area contributed by atoms with Gasteiger partial charge in [0, 0.05) is 19.6 Å². The third-order valence-electron chi connectivity index (χ3n) is 3.81. The number of hydrogen-bond donors (Lipinski definition) is 1. The Hall–Kier alpha value is -0.770. The predicted octanol–water partition coefficient (Wildman–Crippen LogP) is 2.63. The Labute approximate surface area is 111 Å². The van der Waals surface area contributed by atoms with E-state index in [1.165, 1.54) is 0 Å². The average Bonchev–Trinajstić information content (AvgIpc) is 2.13. The zero-order chi connectivity index (χ0) is 14.2. The summed E-state index contributed by atoms with van der Waals surface area (Å²) in [5, 5.41) is 3.38. The summed E-state index contributed by atoms with van der Waals surface area (Å²) in [6, 6.07) is 0. The molecule has 0 spiro atoms. The van der Waals surface area contributed by atoms with Gasteiger partial charge in [0.15, 0.2) is 0 Å². The molecule has 1 N–H and O–H groups in total. The molecule has 0 saturated carbocycles. The van der Waals surface area contributed by atoms with Gasteiger partial charge in [-0.25, -0.2) is 4.79 Å². The van der Waals surface area contributed by atoms with Crippen LogP contribution in [-0.4, -0.2) is 41.8 Å². The Morgan fingerprint density at radius 3 is 2.22 bits per heavy atom. The summed E-state index contributed by atoms with van der Waals surface area (Å²) in [4.78, 5) is 14.2. The Bertz CT molecular complexity index is 315. The molecule has 1 rings (SSSR count). The van der Waals surface area contributed by atoms with E-state index in [2.05, 4.69) is 33.0 Å². The van der Waals surface area contributed by atoms with Crippen molar-refractivity contribution in [3.05, 3.63) is 0 Å². The van der Waals surface area contributed by atoms with Crippen LogP contribution in [0, 0.1) is 5.41 Å². The Balaban J connectivity index is 2.93. The topological polar surface area (TPSA) is 41.6 Å². The van der Waals surface area contributed by atoms with Gasteiger partial charge in [-0.1, -0.05) is 20.8 Å². The lowest BCUT2D eigenvalue weighted by molar-refractivity contribution is -0.0400. The lowest BCUT2D eigenvalue weighted by Gasteiger charge is -2.52. The fourth-order valence-electron chi connectivity index (χ4n) is 2.14. The van der Waals surface area contributed by atoms with E-state index in [0.717, 1.165) is 13.1 Å². The van der Waals surface area contributed by atoms with Crippen molar-refractivity contribution in [2.75, 3.05) is 19.6 Å². The second kappa shape index (κ2) is 4.72. The number of nitrogens with one attached hydrogen (secondary N) is 1. The molecule has 0 aromatic heterocycles. The van der Waals surface area contributed by atoms with Crippen molar-refractivity contribution in [3.63, 3.8) is 0 Å². The normalized spacial score (nSPS) is 26.1. The molecule has 0 aromatic carbocycles. The van der Waals surface area contributed by atoms with E-state index in [1.807, 2.05) is 25.7 Å². The second-order valence-corrected chi connectivity index (χ2v) is 7.33. The first kappa shape index (κ1) is 15.3. The van der Waals surface area contributed by atoms with Gasteiger partial charge in [0.25, 0.3) is 0 Å². The first-order valence-corrected chi connectivity index (χ1v) is 6.69. The van der Waals surface area contributed by atoms with Crippen LogP contribution >= 0.6 is 0 Å². The van der Waals surface area contributed by atoms with Gasteiger partial charge >= 0.3 is 6.09 Å². The largest absolute Gasteiger partial charge is 0.444 e. The van der Waals surface area contributed by atoms with Crippen LogP contribution in [0.3, 0.4) is 0 Å². The summed E-state index contributed by atoms with van der Waals surface area (Å²) in [5.41, 5.74) is -0.675. The summed E-state index contributed by atoms with van der Waals surface area (Å²) in [5.74, 6) is 0. The van der Waals surface area contributed by atoms with E-state index in [9.17, 15) is 4.79 Å². The van der Waals surface area contributed by atoms with E-state index in [1.54, 1.807) is 0 Å². The summed E-state index contributed by atoms with van der Waals surface area (Å²) in [7, 11) is 0. The van der Waals surface area contributed by atoms with Crippen LogP contribution in [0.25, 0.3) is 0 Å².